The summed E-state index contributed by atoms with van der Waals surface area (Å²) < 4.78 is 5.18. The topological polar surface area (TPSA) is 66.5 Å². The van der Waals surface area contributed by atoms with Crippen molar-refractivity contribution in [3.05, 3.63) is 72.4 Å². The van der Waals surface area contributed by atoms with Crippen molar-refractivity contribution in [1.29, 1.82) is 0 Å². The molecule has 0 unspecified atom stereocenters. The molecule has 0 saturated carbocycles. The van der Waals surface area contributed by atoms with E-state index in [-0.39, 0.29) is 5.91 Å². The number of aromatic nitrogens is 1. The van der Waals surface area contributed by atoms with E-state index in [1.165, 1.54) is 18.5 Å². The van der Waals surface area contributed by atoms with Crippen molar-refractivity contribution in [3.8, 4) is 5.75 Å². The van der Waals surface area contributed by atoms with E-state index < -0.39 is 0 Å². The molecular weight excluding hydrogens is 364 g/mol. The second kappa shape index (κ2) is 8.65. The zero-order valence-electron chi connectivity index (χ0n) is 16.4. The van der Waals surface area contributed by atoms with Crippen LogP contribution in [0, 0.1) is 0 Å². The van der Waals surface area contributed by atoms with Crippen molar-refractivity contribution in [2.75, 3.05) is 35.7 Å². The maximum atomic E-state index is 12.4. The number of anilines is 4. The predicted octanol–water partition coefficient (Wildman–Crippen LogP) is 4.69. The van der Waals surface area contributed by atoms with E-state index in [2.05, 4.69) is 44.8 Å². The van der Waals surface area contributed by atoms with Gasteiger partial charge < -0.3 is 20.3 Å². The number of carbonyl (C=O) groups is 1. The van der Waals surface area contributed by atoms with Gasteiger partial charge in [0.2, 0.25) is 0 Å². The molecule has 0 radical (unpaired) electrons. The summed E-state index contributed by atoms with van der Waals surface area (Å²) in [5, 5.41) is 6.13. The van der Waals surface area contributed by atoms with Crippen LogP contribution in [0.4, 0.5) is 22.9 Å². The van der Waals surface area contributed by atoms with Gasteiger partial charge in [-0.2, -0.15) is 0 Å². The summed E-state index contributed by atoms with van der Waals surface area (Å²) in [6.45, 7) is 2.27. The first-order valence-corrected chi connectivity index (χ1v) is 9.75. The van der Waals surface area contributed by atoms with E-state index in [1.54, 1.807) is 31.5 Å². The highest BCUT2D eigenvalue weighted by Gasteiger charge is 2.12. The summed E-state index contributed by atoms with van der Waals surface area (Å²) in [7, 11) is 1.59. The van der Waals surface area contributed by atoms with Crippen LogP contribution < -0.4 is 20.3 Å². The minimum absolute atomic E-state index is 0.215. The molecule has 1 saturated heterocycles. The zero-order valence-corrected chi connectivity index (χ0v) is 16.4. The lowest BCUT2D eigenvalue weighted by atomic mass is 10.2. The average molecular weight is 388 g/mol. The van der Waals surface area contributed by atoms with Gasteiger partial charge in [0, 0.05) is 42.4 Å². The molecule has 6 nitrogen and oxygen atoms in total. The molecule has 1 aliphatic heterocycles. The lowest BCUT2D eigenvalue weighted by molar-refractivity contribution is 0.102. The summed E-state index contributed by atoms with van der Waals surface area (Å²) in [5.41, 5.74) is 3.39. The molecule has 0 bridgehead atoms. The number of pyridine rings is 1. The van der Waals surface area contributed by atoms with Crippen molar-refractivity contribution in [2.24, 2.45) is 0 Å². The second-order valence-corrected chi connectivity index (χ2v) is 6.98. The van der Waals surface area contributed by atoms with Crippen LogP contribution in [0.5, 0.6) is 5.75 Å². The van der Waals surface area contributed by atoms with Crippen molar-refractivity contribution >= 4 is 28.8 Å². The number of rotatable bonds is 6. The number of hydrogen-bond acceptors (Lipinski definition) is 5. The van der Waals surface area contributed by atoms with Crippen LogP contribution in [-0.4, -0.2) is 31.1 Å². The number of nitrogens with zero attached hydrogens (tertiary/aromatic N) is 2. The normalized spacial score (nSPS) is 13.2. The van der Waals surface area contributed by atoms with Gasteiger partial charge in [0.05, 0.1) is 12.7 Å². The number of benzene rings is 2. The first-order chi connectivity index (χ1) is 14.2. The van der Waals surface area contributed by atoms with Crippen molar-refractivity contribution in [2.45, 2.75) is 12.8 Å². The van der Waals surface area contributed by atoms with Gasteiger partial charge in [-0.05, 0) is 61.4 Å². The highest BCUT2D eigenvalue weighted by atomic mass is 16.5. The Bertz CT molecular complexity index is 965. The summed E-state index contributed by atoms with van der Waals surface area (Å²) in [6, 6.07) is 19.2. The van der Waals surface area contributed by atoms with E-state index in [4.69, 9.17) is 4.74 Å². The van der Waals surface area contributed by atoms with Crippen LogP contribution in [0.2, 0.25) is 0 Å². The van der Waals surface area contributed by atoms with Crippen LogP contribution in [0.25, 0.3) is 0 Å². The molecule has 1 amide bonds. The minimum Gasteiger partial charge on any atom is -0.497 e. The molecule has 2 N–H and O–H groups in total. The fourth-order valence-corrected chi connectivity index (χ4v) is 3.39. The largest absolute Gasteiger partial charge is 0.497 e. The van der Waals surface area contributed by atoms with E-state index in [0.717, 1.165) is 18.8 Å². The van der Waals surface area contributed by atoms with Crippen molar-refractivity contribution in [3.63, 3.8) is 0 Å². The Labute approximate surface area is 170 Å². The number of methoxy groups -OCH3 is 1. The molecule has 2 heterocycles. The molecular formula is C23H24N4O2. The van der Waals surface area contributed by atoms with Crippen LogP contribution >= 0.6 is 0 Å². The molecule has 0 atom stereocenters. The fourth-order valence-electron chi connectivity index (χ4n) is 3.39. The van der Waals surface area contributed by atoms with Gasteiger partial charge in [0.25, 0.3) is 5.91 Å². The van der Waals surface area contributed by atoms with E-state index in [0.29, 0.717) is 22.8 Å². The van der Waals surface area contributed by atoms with Gasteiger partial charge in [-0.15, -0.1) is 0 Å². The Morgan fingerprint density at radius 2 is 1.79 bits per heavy atom. The van der Waals surface area contributed by atoms with Gasteiger partial charge in [-0.25, -0.2) is 4.98 Å². The molecule has 2 aromatic carbocycles. The van der Waals surface area contributed by atoms with Gasteiger partial charge in [0.15, 0.2) is 0 Å². The maximum Gasteiger partial charge on any atom is 0.257 e. The fraction of sp³-hybridized carbons (Fsp3) is 0.217. The Balaban J connectivity index is 1.37. The van der Waals surface area contributed by atoms with E-state index >= 15 is 0 Å². The molecule has 0 aliphatic carbocycles. The summed E-state index contributed by atoms with van der Waals surface area (Å²) >= 11 is 0. The Kier molecular flexibility index (Phi) is 5.61. The SMILES string of the molecule is COc1cccc(NC(=O)c2ccc(Nc3ccc(N4CCCC4)cc3)nc2)c1. The number of amides is 1. The summed E-state index contributed by atoms with van der Waals surface area (Å²) in [4.78, 5) is 19.2. The third-order valence-corrected chi connectivity index (χ3v) is 4.96. The lowest BCUT2D eigenvalue weighted by Gasteiger charge is -2.17. The van der Waals surface area contributed by atoms with Crippen molar-refractivity contribution in [1.82, 2.24) is 4.98 Å². The summed E-state index contributed by atoms with van der Waals surface area (Å²) in [6.07, 6.45) is 4.10. The Hall–Kier alpha value is -3.54. The van der Waals surface area contributed by atoms with Crippen molar-refractivity contribution < 1.29 is 9.53 Å². The van der Waals surface area contributed by atoms with Gasteiger partial charge in [-0.1, -0.05) is 6.07 Å². The highest BCUT2D eigenvalue weighted by molar-refractivity contribution is 6.04. The third kappa shape index (κ3) is 4.66. The van der Waals surface area contributed by atoms with Crippen LogP contribution in [0.15, 0.2) is 66.9 Å². The average Bonchev–Trinajstić information content (AvgIpc) is 3.30. The minimum atomic E-state index is -0.215. The van der Waals surface area contributed by atoms with Crippen LogP contribution in [-0.2, 0) is 0 Å². The molecule has 1 aromatic heterocycles. The predicted molar refractivity (Wildman–Crippen MR) is 116 cm³/mol. The van der Waals surface area contributed by atoms with E-state index in [9.17, 15) is 4.79 Å². The monoisotopic (exact) mass is 388 g/mol. The molecule has 1 aliphatic rings. The molecule has 4 rings (SSSR count). The lowest BCUT2D eigenvalue weighted by Crippen LogP contribution is -2.17. The standard InChI is InChI=1S/C23H24N4O2/c1-29-21-6-4-5-19(15-21)26-23(28)17-7-12-22(24-16-17)25-18-8-10-20(11-9-18)27-13-2-3-14-27/h4-12,15-16H,2-3,13-14H2,1H3,(H,24,25)(H,26,28). The van der Waals surface area contributed by atoms with Gasteiger partial charge in [0.1, 0.15) is 11.6 Å². The second-order valence-electron chi connectivity index (χ2n) is 6.98. The van der Waals surface area contributed by atoms with Gasteiger partial charge >= 0.3 is 0 Å². The number of ether oxygens (including phenoxy) is 1. The molecule has 6 heteroatoms. The smallest absolute Gasteiger partial charge is 0.257 e. The molecule has 1 fully saturated rings. The third-order valence-electron chi connectivity index (χ3n) is 4.96. The first kappa shape index (κ1) is 18.8. The van der Waals surface area contributed by atoms with Gasteiger partial charge in [-0.3, -0.25) is 4.79 Å². The Morgan fingerprint density at radius 1 is 1.00 bits per heavy atom. The van der Waals surface area contributed by atoms with E-state index in [1.807, 2.05) is 18.2 Å². The summed E-state index contributed by atoms with van der Waals surface area (Å²) in [5.74, 6) is 1.17. The number of hydrogen-bond donors (Lipinski definition) is 2. The molecule has 0 spiro atoms. The maximum absolute atomic E-state index is 12.4. The zero-order chi connectivity index (χ0) is 20.1. The molecule has 29 heavy (non-hydrogen) atoms. The first-order valence-electron chi connectivity index (χ1n) is 9.75. The number of nitrogens with one attached hydrogen (secondary N) is 2. The van der Waals surface area contributed by atoms with Crippen LogP contribution in [0.1, 0.15) is 23.2 Å². The quantitative estimate of drug-likeness (QED) is 0.641. The molecule has 148 valence electrons. The Morgan fingerprint density at radius 3 is 2.48 bits per heavy atom. The highest BCUT2D eigenvalue weighted by Crippen LogP contribution is 2.23. The molecule has 3 aromatic rings. The van der Waals surface area contributed by atoms with Crippen LogP contribution in [0.3, 0.4) is 0 Å². The number of carbonyl (C=O) groups excluding carboxylic acids is 1.